The van der Waals surface area contributed by atoms with Crippen molar-refractivity contribution in [2.24, 2.45) is 0 Å². The Bertz CT molecular complexity index is 495. The van der Waals surface area contributed by atoms with Crippen molar-refractivity contribution < 1.29 is 9.90 Å². The number of aromatic nitrogens is 4. The molecule has 0 bridgehead atoms. The zero-order valence-corrected chi connectivity index (χ0v) is 9.65. The molecule has 0 atom stereocenters. The molecule has 2 rings (SSSR count). The molecular weight excluding hydrogens is 234 g/mol. The second-order valence-corrected chi connectivity index (χ2v) is 3.68. The molecule has 0 aliphatic heterocycles. The first-order valence-corrected chi connectivity index (χ1v) is 5.54. The summed E-state index contributed by atoms with van der Waals surface area (Å²) in [6, 6.07) is 7.15. The minimum atomic E-state index is -0.112. The highest BCUT2D eigenvalue weighted by Crippen LogP contribution is 2.12. The molecule has 18 heavy (non-hydrogen) atoms. The Kier molecular flexibility index (Phi) is 3.98. The molecule has 2 N–H and O–H groups in total. The molecule has 0 saturated carbocycles. The highest BCUT2D eigenvalue weighted by Gasteiger charge is 2.02. The van der Waals surface area contributed by atoms with E-state index in [4.69, 9.17) is 5.11 Å². The van der Waals surface area contributed by atoms with Gasteiger partial charge in [0, 0.05) is 18.7 Å². The van der Waals surface area contributed by atoms with Crippen LogP contribution in [0.15, 0.2) is 30.6 Å². The fourth-order valence-corrected chi connectivity index (χ4v) is 1.44. The molecule has 94 valence electrons. The Labute approximate surface area is 103 Å². The number of carbonyl (C=O) groups is 1. The largest absolute Gasteiger partial charge is 0.396 e. The van der Waals surface area contributed by atoms with E-state index in [2.05, 4.69) is 20.8 Å². The Balaban J connectivity index is 1.98. The van der Waals surface area contributed by atoms with Crippen LogP contribution in [-0.2, 0) is 4.79 Å². The number of nitrogens with one attached hydrogen (secondary N) is 1. The number of hydrogen-bond acceptors (Lipinski definition) is 5. The van der Waals surface area contributed by atoms with Gasteiger partial charge in [0.1, 0.15) is 6.33 Å². The Morgan fingerprint density at radius 1 is 1.33 bits per heavy atom. The highest BCUT2D eigenvalue weighted by atomic mass is 16.3. The predicted molar refractivity (Wildman–Crippen MR) is 64.1 cm³/mol. The number of anilines is 1. The lowest BCUT2D eigenvalue weighted by Gasteiger charge is -2.05. The van der Waals surface area contributed by atoms with Gasteiger partial charge < -0.3 is 10.4 Å². The highest BCUT2D eigenvalue weighted by molar-refractivity contribution is 5.90. The molecule has 0 aliphatic rings. The molecule has 1 heterocycles. The summed E-state index contributed by atoms with van der Waals surface area (Å²) in [7, 11) is 0. The van der Waals surface area contributed by atoms with Gasteiger partial charge in [-0.2, -0.15) is 0 Å². The van der Waals surface area contributed by atoms with Crippen molar-refractivity contribution in [2.75, 3.05) is 11.9 Å². The fraction of sp³-hybridized carbons (Fsp3) is 0.273. The number of carbonyl (C=O) groups excluding carboxylic acids is 1. The van der Waals surface area contributed by atoms with E-state index in [1.54, 1.807) is 24.3 Å². The van der Waals surface area contributed by atoms with Gasteiger partial charge >= 0.3 is 0 Å². The van der Waals surface area contributed by atoms with E-state index in [1.165, 1.54) is 11.0 Å². The summed E-state index contributed by atoms with van der Waals surface area (Å²) in [6.07, 6.45) is 2.27. The minimum absolute atomic E-state index is 0.0195. The SMILES string of the molecule is O=C(CCCO)Nc1ccc(-n2cnnn2)cc1. The third kappa shape index (κ3) is 3.11. The standard InChI is InChI=1S/C11H13N5O2/c17-7-1-2-11(18)13-9-3-5-10(6-4-9)16-8-12-14-15-16/h3-6,8,17H,1-2,7H2,(H,13,18). The maximum atomic E-state index is 11.4. The fourth-order valence-electron chi connectivity index (χ4n) is 1.44. The number of aliphatic hydroxyl groups is 1. The van der Waals surface area contributed by atoms with Crippen LogP contribution >= 0.6 is 0 Å². The molecule has 1 amide bonds. The van der Waals surface area contributed by atoms with E-state index < -0.39 is 0 Å². The molecule has 0 saturated heterocycles. The third-order valence-corrected chi connectivity index (χ3v) is 2.33. The third-order valence-electron chi connectivity index (χ3n) is 2.33. The van der Waals surface area contributed by atoms with Crippen molar-refractivity contribution in [2.45, 2.75) is 12.8 Å². The van der Waals surface area contributed by atoms with Gasteiger partial charge in [-0.1, -0.05) is 0 Å². The molecule has 0 spiro atoms. The quantitative estimate of drug-likeness (QED) is 0.796. The molecule has 0 aliphatic carbocycles. The Morgan fingerprint density at radius 3 is 2.72 bits per heavy atom. The minimum Gasteiger partial charge on any atom is -0.396 e. The van der Waals surface area contributed by atoms with Crippen LogP contribution in [0.4, 0.5) is 5.69 Å². The first-order valence-electron chi connectivity index (χ1n) is 5.54. The summed E-state index contributed by atoms with van der Waals surface area (Å²) in [6.45, 7) is 0.0195. The molecule has 0 fully saturated rings. The molecule has 0 unspecified atom stereocenters. The Hall–Kier alpha value is -2.28. The van der Waals surface area contributed by atoms with Crippen LogP contribution in [0, 0.1) is 0 Å². The van der Waals surface area contributed by atoms with Gasteiger partial charge in [-0.3, -0.25) is 4.79 Å². The normalized spacial score (nSPS) is 10.3. The van der Waals surface area contributed by atoms with Crippen LogP contribution in [0.2, 0.25) is 0 Å². The maximum Gasteiger partial charge on any atom is 0.224 e. The van der Waals surface area contributed by atoms with Crippen molar-refractivity contribution in [1.29, 1.82) is 0 Å². The molecular formula is C11H13N5O2. The number of rotatable bonds is 5. The molecule has 1 aromatic carbocycles. The first kappa shape index (κ1) is 12.2. The lowest BCUT2D eigenvalue weighted by Crippen LogP contribution is -2.11. The summed E-state index contributed by atoms with van der Waals surface area (Å²) < 4.78 is 1.53. The van der Waals surface area contributed by atoms with Crippen LogP contribution in [0.5, 0.6) is 0 Å². The number of hydrogen-bond donors (Lipinski definition) is 2. The molecule has 2 aromatic rings. The van der Waals surface area contributed by atoms with E-state index in [0.717, 1.165) is 5.69 Å². The zero-order chi connectivity index (χ0) is 12.8. The smallest absolute Gasteiger partial charge is 0.224 e. The van der Waals surface area contributed by atoms with Crippen LogP contribution < -0.4 is 5.32 Å². The van der Waals surface area contributed by atoms with Gasteiger partial charge in [0.2, 0.25) is 5.91 Å². The predicted octanol–water partition coefficient (Wildman–Crippen LogP) is 0.373. The van der Waals surface area contributed by atoms with E-state index in [1.807, 2.05) is 0 Å². The summed E-state index contributed by atoms with van der Waals surface area (Å²) in [5.41, 5.74) is 1.52. The summed E-state index contributed by atoms with van der Waals surface area (Å²) >= 11 is 0. The summed E-state index contributed by atoms with van der Waals surface area (Å²) in [5, 5.41) is 22.2. The number of benzene rings is 1. The monoisotopic (exact) mass is 247 g/mol. The second-order valence-electron chi connectivity index (χ2n) is 3.68. The first-order chi connectivity index (χ1) is 8.79. The maximum absolute atomic E-state index is 11.4. The van der Waals surface area contributed by atoms with E-state index in [-0.39, 0.29) is 12.5 Å². The number of aliphatic hydroxyl groups excluding tert-OH is 1. The van der Waals surface area contributed by atoms with Gasteiger partial charge in [0.25, 0.3) is 0 Å². The van der Waals surface area contributed by atoms with Crippen molar-refractivity contribution in [1.82, 2.24) is 20.2 Å². The van der Waals surface area contributed by atoms with Gasteiger partial charge in [-0.25, -0.2) is 4.68 Å². The second kappa shape index (κ2) is 5.87. The average Bonchev–Trinajstić information content (AvgIpc) is 2.91. The van der Waals surface area contributed by atoms with E-state index in [9.17, 15) is 4.79 Å². The van der Waals surface area contributed by atoms with Gasteiger partial charge in [-0.15, -0.1) is 5.10 Å². The van der Waals surface area contributed by atoms with E-state index >= 15 is 0 Å². The van der Waals surface area contributed by atoms with Crippen LogP contribution in [0.3, 0.4) is 0 Å². The van der Waals surface area contributed by atoms with Crippen molar-refractivity contribution in [3.8, 4) is 5.69 Å². The molecule has 0 radical (unpaired) electrons. The van der Waals surface area contributed by atoms with Gasteiger partial charge in [0.15, 0.2) is 0 Å². The van der Waals surface area contributed by atoms with Gasteiger partial charge in [0.05, 0.1) is 5.69 Å². The van der Waals surface area contributed by atoms with Crippen LogP contribution in [0.25, 0.3) is 5.69 Å². The molecule has 7 nitrogen and oxygen atoms in total. The molecule has 7 heteroatoms. The van der Waals surface area contributed by atoms with Gasteiger partial charge in [-0.05, 0) is 41.1 Å². The van der Waals surface area contributed by atoms with Crippen molar-refractivity contribution >= 4 is 11.6 Å². The topological polar surface area (TPSA) is 92.9 Å². The molecule has 1 aromatic heterocycles. The van der Waals surface area contributed by atoms with Crippen molar-refractivity contribution in [3.05, 3.63) is 30.6 Å². The summed E-state index contributed by atoms with van der Waals surface area (Å²) in [5.74, 6) is -0.112. The number of amides is 1. The number of tetrazole rings is 1. The van der Waals surface area contributed by atoms with Crippen LogP contribution in [0.1, 0.15) is 12.8 Å². The summed E-state index contributed by atoms with van der Waals surface area (Å²) in [4.78, 5) is 11.4. The average molecular weight is 247 g/mol. The van der Waals surface area contributed by atoms with Crippen LogP contribution in [-0.4, -0.2) is 37.8 Å². The lowest BCUT2D eigenvalue weighted by molar-refractivity contribution is -0.116. The number of nitrogens with zero attached hydrogens (tertiary/aromatic N) is 4. The van der Waals surface area contributed by atoms with E-state index in [0.29, 0.717) is 18.5 Å². The Morgan fingerprint density at radius 2 is 2.11 bits per heavy atom. The van der Waals surface area contributed by atoms with Crippen molar-refractivity contribution in [3.63, 3.8) is 0 Å². The lowest BCUT2D eigenvalue weighted by atomic mass is 10.2. The zero-order valence-electron chi connectivity index (χ0n) is 9.65.